The van der Waals surface area contributed by atoms with Gasteiger partial charge >= 0.3 is 5.97 Å². The number of hydrogen-bond acceptors (Lipinski definition) is 3. The highest BCUT2D eigenvalue weighted by Crippen LogP contribution is 2.20. The highest BCUT2D eigenvalue weighted by Gasteiger charge is 2.16. The molecule has 1 rings (SSSR count). The minimum absolute atomic E-state index is 0.0132. The molecule has 5 nitrogen and oxygen atoms in total. The fraction of sp³-hybridized carbons (Fsp3) is 0.364. The lowest BCUT2D eigenvalue weighted by molar-refractivity contribution is -0.137. The average molecular weight is 310 g/mol. The second-order valence-electron chi connectivity index (χ2n) is 3.85. The van der Waals surface area contributed by atoms with Gasteiger partial charge in [0.1, 0.15) is 5.82 Å². The van der Waals surface area contributed by atoms with Gasteiger partial charge in [-0.1, -0.05) is 17.7 Å². The Morgan fingerprint density at radius 2 is 2.11 bits per heavy atom. The first-order chi connectivity index (χ1) is 8.82. The fourth-order valence-electron chi connectivity index (χ4n) is 1.38. The zero-order valence-electron chi connectivity index (χ0n) is 9.90. The first kappa shape index (κ1) is 15.9. The number of carbonyl (C=O) groups is 1. The Balaban J connectivity index is 2.62. The summed E-state index contributed by atoms with van der Waals surface area (Å²) in [5.74, 6) is -2.27. The summed E-state index contributed by atoms with van der Waals surface area (Å²) in [6.45, 7) is -0.0132. The predicted octanol–water partition coefficient (Wildman–Crippen LogP) is 1.76. The molecule has 0 saturated carbocycles. The van der Waals surface area contributed by atoms with Gasteiger partial charge < -0.3 is 5.11 Å². The minimum atomic E-state index is -3.74. The van der Waals surface area contributed by atoms with E-state index in [4.69, 9.17) is 16.7 Å². The lowest BCUT2D eigenvalue weighted by atomic mass is 10.2. The van der Waals surface area contributed by atoms with E-state index in [0.717, 1.165) is 6.07 Å². The molecule has 0 bridgehead atoms. The van der Waals surface area contributed by atoms with Crippen LogP contribution in [-0.2, 0) is 20.6 Å². The van der Waals surface area contributed by atoms with Crippen molar-refractivity contribution in [3.05, 3.63) is 34.6 Å². The molecule has 1 aromatic rings. The van der Waals surface area contributed by atoms with Crippen LogP contribution in [0.4, 0.5) is 4.39 Å². The van der Waals surface area contributed by atoms with Gasteiger partial charge in [0.15, 0.2) is 0 Å². The molecule has 0 spiro atoms. The summed E-state index contributed by atoms with van der Waals surface area (Å²) in [7, 11) is -3.74. The first-order valence-electron chi connectivity index (χ1n) is 5.44. The summed E-state index contributed by atoms with van der Waals surface area (Å²) in [5, 5.41) is 8.44. The maximum absolute atomic E-state index is 13.4. The van der Waals surface area contributed by atoms with Crippen molar-refractivity contribution in [1.82, 2.24) is 4.72 Å². The molecule has 8 heteroatoms. The van der Waals surface area contributed by atoms with Crippen LogP contribution in [0.2, 0.25) is 5.02 Å². The number of rotatable bonds is 7. The lowest BCUT2D eigenvalue weighted by Gasteiger charge is -2.08. The Kier molecular flexibility index (Phi) is 5.71. The number of halogens is 2. The zero-order chi connectivity index (χ0) is 14.5. The van der Waals surface area contributed by atoms with Gasteiger partial charge in [0.05, 0.1) is 5.75 Å². The Morgan fingerprint density at radius 3 is 2.68 bits per heavy atom. The predicted molar refractivity (Wildman–Crippen MR) is 68.9 cm³/mol. The number of hydrogen-bond donors (Lipinski definition) is 2. The molecule has 0 aliphatic carbocycles. The SMILES string of the molecule is O=C(O)CCCNS(=O)(=O)Cc1c(F)cccc1Cl. The molecular weight excluding hydrogens is 297 g/mol. The van der Waals surface area contributed by atoms with E-state index in [9.17, 15) is 17.6 Å². The van der Waals surface area contributed by atoms with Gasteiger partial charge in [-0.05, 0) is 18.6 Å². The van der Waals surface area contributed by atoms with Gasteiger partial charge in [0, 0.05) is 23.6 Å². The first-order valence-corrected chi connectivity index (χ1v) is 7.47. The van der Waals surface area contributed by atoms with Crippen LogP contribution in [0.3, 0.4) is 0 Å². The lowest BCUT2D eigenvalue weighted by Crippen LogP contribution is -2.27. The number of nitrogens with one attached hydrogen (secondary N) is 1. The summed E-state index contributed by atoms with van der Waals surface area (Å²) in [4.78, 5) is 10.3. The quantitative estimate of drug-likeness (QED) is 0.752. The molecule has 0 aliphatic heterocycles. The topological polar surface area (TPSA) is 83.5 Å². The Bertz CT molecular complexity index is 542. The number of aliphatic carboxylic acids is 1. The van der Waals surface area contributed by atoms with E-state index in [2.05, 4.69) is 4.72 Å². The molecule has 2 N–H and O–H groups in total. The van der Waals surface area contributed by atoms with Crippen molar-refractivity contribution in [2.45, 2.75) is 18.6 Å². The molecule has 0 aromatic heterocycles. The molecule has 0 heterocycles. The van der Waals surface area contributed by atoms with Crippen LogP contribution >= 0.6 is 11.6 Å². The number of sulfonamides is 1. The molecule has 0 amide bonds. The second-order valence-corrected chi connectivity index (χ2v) is 6.06. The maximum atomic E-state index is 13.4. The van der Waals surface area contributed by atoms with E-state index >= 15 is 0 Å². The number of carboxylic acid groups (broad SMARTS) is 1. The molecular formula is C11H13ClFNO4S. The number of benzene rings is 1. The fourth-order valence-corrected chi connectivity index (χ4v) is 2.92. The summed E-state index contributed by atoms with van der Waals surface area (Å²) in [5.41, 5.74) is -0.102. The third kappa shape index (κ3) is 5.54. The molecule has 0 fully saturated rings. The van der Waals surface area contributed by atoms with Crippen molar-refractivity contribution >= 4 is 27.6 Å². The summed E-state index contributed by atoms with van der Waals surface area (Å²) in [6, 6.07) is 3.91. The second kappa shape index (κ2) is 6.83. The third-order valence-corrected chi connectivity index (χ3v) is 3.95. The summed E-state index contributed by atoms with van der Waals surface area (Å²) in [6.07, 6.45) is 0.0303. The standard InChI is InChI=1S/C11H13ClFNO4S/c12-9-3-1-4-10(13)8(9)7-19(17,18)14-6-2-5-11(15)16/h1,3-4,14H,2,5-7H2,(H,15,16). The molecule has 19 heavy (non-hydrogen) atoms. The summed E-state index contributed by atoms with van der Waals surface area (Å²) < 4.78 is 39.0. The number of carboxylic acids is 1. The zero-order valence-corrected chi connectivity index (χ0v) is 11.5. The van der Waals surface area contributed by atoms with Crippen molar-refractivity contribution in [3.63, 3.8) is 0 Å². The highest BCUT2D eigenvalue weighted by molar-refractivity contribution is 7.88. The largest absolute Gasteiger partial charge is 0.481 e. The van der Waals surface area contributed by atoms with Crippen molar-refractivity contribution < 1.29 is 22.7 Å². The van der Waals surface area contributed by atoms with E-state index < -0.39 is 27.6 Å². The maximum Gasteiger partial charge on any atom is 0.303 e. The van der Waals surface area contributed by atoms with E-state index in [-0.39, 0.29) is 30.0 Å². The Labute approximate surface area is 115 Å². The van der Waals surface area contributed by atoms with E-state index in [1.807, 2.05) is 0 Å². The minimum Gasteiger partial charge on any atom is -0.481 e. The van der Waals surface area contributed by atoms with Crippen LogP contribution in [0.5, 0.6) is 0 Å². The van der Waals surface area contributed by atoms with Crippen LogP contribution in [0.1, 0.15) is 18.4 Å². The van der Waals surface area contributed by atoms with E-state index in [1.165, 1.54) is 12.1 Å². The monoisotopic (exact) mass is 309 g/mol. The van der Waals surface area contributed by atoms with E-state index in [0.29, 0.717) is 0 Å². The third-order valence-electron chi connectivity index (χ3n) is 2.29. The Morgan fingerprint density at radius 1 is 1.42 bits per heavy atom. The van der Waals surface area contributed by atoms with Gasteiger partial charge in [-0.25, -0.2) is 17.5 Å². The van der Waals surface area contributed by atoms with Crippen molar-refractivity contribution in [2.75, 3.05) is 6.54 Å². The van der Waals surface area contributed by atoms with Crippen LogP contribution in [0, 0.1) is 5.82 Å². The molecule has 0 radical (unpaired) electrons. The normalized spacial score (nSPS) is 11.5. The van der Waals surface area contributed by atoms with Crippen molar-refractivity contribution in [2.24, 2.45) is 0 Å². The molecule has 0 aliphatic rings. The van der Waals surface area contributed by atoms with Crippen LogP contribution < -0.4 is 4.72 Å². The smallest absolute Gasteiger partial charge is 0.303 e. The van der Waals surface area contributed by atoms with Crippen molar-refractivity contribution in [1.29, 1.82) is 0 Å². The van der Waals surface area contributed by atoms with Crippen molar-refractivity contribution in [3.8, 4) is 0 Å². The van der Waals surface area contributed by atoms with Crippen LogP contribution in [-0.4, -0.2) is 26.0 Å². The average Bonchev–Trinajstić information content (AvgIpc) is 2.30. The molecule has 1 aromatic carbocycles. The molecule has 106 valence electrons. The van der Waals surface area contributed by atoms with Gasteiger partial charge in [-0.15, -0.1) is 0 Å². The Hall–Kier alpha value is -1.18. The van der Waals surface area contributed by atoms with Crippen LogP contribution in [0.15, 0.2) is 18.2 Å². The molecule has 0 atom stereocenters. The molecule has 0 saturated heterocycles. The van der Waals surface area contributed by atoms with E-state index in [1.54, 1.807) is 0 Å². The van der Waals surface area contributed by atoms with Gasteiger partial charge in [-0.2, -0.15) is 0 Å². The van der Waals surface area contributed by atoms with Gasteiger partial charge in [-0.3, -0.25) is 4.79 Å². The molecule has 0 unspecified atom stereocenters. The highest BCUT2D eigenvalue weighted by atomic mass is 35.5. The van der Waals surface area contributed by atoms with Gasteiger partial charge in [0.25, 0.3) is 0 Å². The summed E-state index contributed by atoms with van der Waals surface area (Å²) >= 11 is 5.73. The van der Waals surface area contributed by atoms with Crippen LogP contribution in [0.25, 0.3) is 0 Å². The van der Waals surface area contributed by atoms with Gasteiger partial charge in [0.2, 0.25) is 10.0 Å².